The van der Waals surface area contributed by atoms with Gasteiger partial charge in [-0.2, -0.15) is 0 Å². The lowest BCUT2D eigenvalue weighted by Crippen LogP contribution is -2.30. The zero-order chi connectivity index (χ0) is 14.3. The van der Waals surface area contributed by atoms with Crippen LogP contribution in [-0.2, 0) is 0 Å². The molecule has 0 heterocycles. The molecule has 1 aliphatic carbocycles. The summed E-state index contributed by atoms with van der Waals surface area (Å²) in [7, 11) is 0. The molecule has 0 nitrogen and oxygen atoms in total. The maximum absolute atomic E-state index is 2.46. The SMILES string of the molecule is CCCC(C(C)C)C(CCC)C1CCC(CC)CC1. The molecule has 0 amide bonds. The van der Waals surface area contributed by atoms with E-state index >= 15 is 0 Å². The summed E-state index contributed by atoms with van der Waals surface area (Å²) in [5, 5.41) is 0. The van der Waals surface area contributed by atoms with Crippen molar-refractivity contribution in [3.63, 3.8) is 0 Å². The largest absolute Gasteiger partial charge is 0.0654 e. The first-order valence-electron chi connectivity index (χ1n) is 9.13. The van der Waals surface area contributed by atoms with Crippen LogP contribution >= 0.6 is 0 Å². The van der Waals surface area contributed by atoms with Gasteiger partial charge < -0.3 is 0 Å². The fourth-order valence-electron chi connectivity index (χ4n) is 4.53. The van der Waals surface area contributed by atoms with Gasteiger partial charge in [-0.05, 0) is 42.4 Å². The molecule has 0 aromatic rings. The fourth-order valence-corrected chi connectivity index (χ4v) is 4.53. The van der Waals surface area contributed by atoms with E-state index in [1.807, 2.05) is 0 Å². The maximum atomic E-state index is 2.46. The highest BCUT2D eigenvalue weighted by molar-refractivity contribution is 4.83. The van der Waals surface area contributed by atoms with Crippen molar-refractivity contribution < 1.29 is 0 Å². The Bertz CT molecular complexity index is 210. The minimum absolute atomic E-state index is 0.875. The van der Waals surface area contributed by atoms with Gasteiger partial charge in [-0.15, -0.1) is 0 Å². The second-order valence-corrected chi connectivity index (χ2v) is 7.34. The van der Waals surface area contributed by atoms with Crippen LogP contribution in [0.15, 0.2) is 0 Å². The average Bonchev–Trinajstić information content (AvgIpc) is 2.42. The lowest BCUT2D eigenvalue weighted by atomic mass is 9.66. The Morgan fingerprint density at radius 1 is 0.842 bits per heavy atom. The van der Waals surface area contributed by atoms with Crippen LogP contribution in [0.1, 0.15) is 92.4 Å². The number of hydrogen-bond donors (Lipinski definition) is 0. The van der Waals surface area contributed by atoms with Crippen molar-refractivity contribution >= 4 is 0 Å². The highest BCUT2D eigenvalue weighted by Crippen LogP contribution is 2.42. The van der Waals surface area contributed by atoms with Gasteiger partial charge >= 0.3 is 0 Å². The third-order valence-corrected chi connectivity index (χ3v) is 5.72. The Kier molecular flexibility index (Phi) is 8.11. The Balaban J connectivity index is 2.64. The Labute approximate surface area is 122 Å². The van der Waals surface area contributed by atoms with Gasteiger partial charge in [-0.3, -0.25) is 0 Å². The van der Waals surface area contributed by atoms with Gasteiger partial charge in [0.05, 0.1) is 0 Å². The summed E-state index contributed by atoms with van der Waals surface area (Å²) in [6, 6.07) is 0. The monoisotopic (exact) mass is 266 g/mol. The zero-order valence-corrected chi connectivity index (χ0v) is 14.3. The Morgan fingerprint density at radius 3 is 1.84 bits per heavy atom. The van der Waals surface area contributed by atoms with Gasteiger partial charge in [0.15, 0.2) is 0 Å². The van der Waals surface area contributed by atoms with E-state index in [0.717, 1.165) is 29.6 Å². The number of rotatable bonds is 8. The Hall–Kier alpha value is 0. The second-order valence-electron chi connectivity index (χ2n) is 7.34. The summed E-state index contributed by atoms with van der Waals surface area (Å²) >= 11 is 0. The molecule has 0 spiro atoms. The van der Waals surface area contributed by atoms with Crippen LogP contribution in [0.3, 0.4) is 0 Å². The molecule has 2 atom stereocenters. The van der Waals surface area contributed by atoms with E-state index in [1.54, 1.807) is 0 Å². The lowest BCUT2D eigenvalue weighted by Gasteiger charge is -2.39. The second kappa shape index (κ2) is 9.03. The standard InChI is InChI=1S/C19H38/c1-6-9-18(15(4)5)19(10-7-2)17-13-11-16(8-3)12-14-17/h15-19H,6-14H2,1-5H3. The molecular weight excluding hydrogens is 228 g/mol. The minimum Gasteiger partial charge on any atom is -0.0654 e. The molecule has 0 aromatic heterocycles. The smallest absolute Gasteiger partial charge is 0.0355 e. The van der Waals surface area contributed by atoms with Crippen LogP contribution in [0.4, 0.5) is 0 Å². The van der Waals surface area contributed by atoms with Gasteiger partial charge in [0, 0.05) is 0 Å². The van der Waals surface area contributed by atoms with Gasteiger partial charge in [0.1, 0.15) is 0 Å². The summed E-state index contributed by atoms with van der Waals surface area (Å²) in [4.78, 5) is 0. The van der Waals surface area contributed by atoms with Crippen molar-refractivity contribution in [1.29, 1.82) is 0 Å². The maximum Gasteiger partial charge on any atom is -0.0355 e. The van der Waals surface area contributed by atoms with Crippen LogP contribution in [-0.4, -0.2) is 0 Å². The van der Waals surface area contributed by atoms with E-state index in [2.05, 4.69) is 34.6 Å². The van der Waals surface area contributed by atoms with Crippen molar-refractivity contribution in [3.05, 3.63) is 0 Å². The molecule has 0 aromatic carbocycles. The van der Waals surface area contributed by atoms with Crippen LogP contribution in [0.2, 0.25) is 0 Å². The topological polar surface area (TPSA) is 0 Å². The summed E-state index contributed by atoms with van der Waals surface area (Å²) in [6.07, 6.45) is 13.2. The van der Waals surface area contributed by atoms with E-state index in [4.69, 9.17) is 0 Å². The molecule has 1 fully saturated rings. The molecule has 19 heavy (non-hydrogen) atoms. The van der Waals surface area contributed by atoms with Crippen molar-refractivity contribution in [2.45, 2.75) is 92.4 Å². The van der Waals surface area contributed by atoms with E-state index in [0.29, 0.717) is 0 Å². The van der Waals surface area contributed by atoms with Gasteiger partial charge in [0.2, 0.25) is 0 Å². The highest BCUT2D eigenvalue weighted by Gasteiger charge is 2.32. The molecular formula is C19H38. The molecule has 1 rings (SSSR count). The van der Waals surface area contributed by atoms with E-state index < -0.39 is 0 Å². The Morgan fingerprint density at radius 2 is 1.42 bits per heavy atom. The first-order chi connectivity index (χ1) is 9.13. The molecule has 0 bridgehead atoms. The quantitative estimate of drug-likeness (QED) is 0.459. The van der Waals surface area contributed by atoms with E-state index in [1.165, 1.54) is 57.8 Å². The summed E-state index contributed by atoms with van der Waals surface area (Å²) in [5.74, 6) is 4.96. The molecule has 1 saturated carbocycles. The predicted octanol–water partition coefficient (Wildman–Crippen LogP) is 6.69. The lowest BCUT2D eigenvalue weighted by molar-refractivity contribution is 0.108. The average molecular weight is 267 g/mol. The minimum atomic E-state index is 0.875. The van der Waals surface area contributed by atoms with Crippen LogP contribution in [0.5, 0.6) is 0 Å². The molecule has 0 aliphatic heterocycles. The van der Waals surface area contributed by atoms with Crippen molar-refractivity contribution in [2.24, 2.45) is 29.6 Å². The summed E-state index contributed by atoms with van der Waals surface area (Å²) in [6.45, 7) is 12.0. The molecule has 0 heteroatoms. The van der Waals surface area contributed by atoms with E-state index in [-0.39, 0.29) is 0 Å². The molecule has 0 saturated heterocycles. The third-order valence-electron chi connectivity index (χ3n) is 5.72. The van der Waals surface area contributed by atoms with Gasteiger partial charge in [0.25, 0.3) is 0 Å². The first kappa shape index (κ1) is 17.1. The molecule has 1 aliphatic rings. The van der Waals surface area contributed by atoms with Crippen molar-refractivity contribution in [3.8, 4) is 0 Å². The summed E-state index contributed by atoms with van der Waals surface area (Å²) in [5.41, 5.74) is 0. The van der Waals surface area contributed by atoms with Crippen LogP contribution < -0.4 is 0 Å². The third kappa shape index (κ3) is 5.12. The van der Waals surface area contributed by atoms with Crippen molar-refractivity contribution in [1.82, 2.24) is 0 Å². The molecule has 114 valence electrons. The fraction of sp³-hybridized carbons (Fsp3) is 1.00. The molecule has 0 N–H and O–H groups in total. The highest BCUT2D eigenvalue weighted by atomic mass is 14.4. The van der Waals surface area contributed by atoms with Crippen LogP contribution in [0, 0.1) is 29.6 Å². The van der Waals surface area contributed by atoms with Gasteiger partial charge in [-0.1, -0.05) is 79.6 Å². The molecule has 0 radical (unpaired) electrons. The predicted molar refractivity (Wildman–Crippen MR) is 87.4 cm³/mol. The summed E-state index contributed by atoms with van der Waals surface area (Å²) < 4.78 is 0. The van der Waals surface area contributed by atoms with Gasteiger partial charge in [-0.25, -0.2) is 0 Å². The molecule has 2 unspecified atom stereocenters. The normalized spacial score (nSPS) is 27.5. The van der Waals surface area contributed by atoms with Crippen molar-refractivity contribution in [2.75, 3.05) is 0 Å². The van der Waals surface area contributed by atoms with Crippen LogP contribution in [0.25, 0.3) is 0 Å². The number of hydrogen-bond acceptors (Lipinski definition) is 0. The van der Waals surface area contributed by atoms with E-state index in [9.17, 15) is 0 Å². The first-order valence-corrected chi connectivity index (χ1v) is 9.13. The zero-order valence-electron chi connectivity index (χ0n) is 14.3.